The van der Waals surface area contributed by atoms with Crippen molar-refractivity contribution in [3.05, 3.63) is 29.9 Å². The molecule has 0 atom stereocenters. The average molecular weight is 283 g/mol. The van der Waals surface area contributed by atoms with Gasteiger partial charge >= 0.3 is 0 Å². The Kier molecular flexibility index (Phi) is 2.16. The maximum atomic E-state index is 10.4. The molecule has 3 aromatic heterocycles. The van der Waals surface area contributed by atoms with Crippen molar-refractivity contribution in [1.29, 1.82) is 0 Å². The van der Waals surface area contributed by atoms with E-state index in [2.05, 4.69) is 10.2 Å². The standard InChI is InChI=1S/C15H13N3O3/c1-6-3-8-11(10-5-17-18-15(10)16)13-9(4-7(2)20-13)12(19)14(8)21-6/h3-5,19H,1-2H3,(H3,16,17,18). The third-order valence-corrected chi connectivity index (χ3v) is 3.62. The second kappa shape index (κ2) is 3.82. The van der Waals surface area contributed by atoms with Crippen LogP contribution in [0.5, 0.6) is 5.75 Å². The lowest BCUT2D eigenvalue weighted by Crippen LogP contribution is -1.88. The Balaban J connectivity index is 2.29. The molecule has 0 amide bonds. The number of fused-ring (bicyclic) bond motifs is 2. The molecular formula is C15H13N3O3. The SMILES string of the molecule is Cc1cc2c(-c3cn[nH]c3N)c3oc(C)cc3c(O)c2o1. The smallest absolute Gasteiger partial charge is 0.177 e. The summed E-state index contributed by atoms with van der Waals surface area (Å²) in [7, 11) is 0. The van der Waals surface area contributed by atoms with Gasteiger partial charge in [0.05, 0.1) is 11.6 Å². The summed E-state index contributed by atoms with van der Waals surface area (Å²) in [5.74, 6) is 1.92. The van der Waals surface area contributed by atoms with E-state index in [1.54, 1.807) is 12.3 Å². The molecule has 0 spiro atoms. The summed E-state index contributed by atoms with van der Waals surface area (Å²) in [5, 5.41) is 18.5. The molecule has 0 bridgehead atoms. The molecule has 0 aliphatic rings. The second-order valence-electron chi connectivity index (χ2n) is 5.12. The fourth-order valence-corrected chi connectivity index (χ4v) is 2.76. The number of phenolic OH excluding ortho intramolecular Hbond substituents is 1. The Labute approximate surface area is 119 Å². The first kappa shape index (κ1) is 11.9. The van der Waals surface area contributed by atoms with E-state index >= 15 is 0 Å². The van der Waals surface area contributed by atoms with Crippen LogP contribution in [0.3, 0.4) is 0 Å². The van der Waals surface area contributed by atoms with Gasteiger partial charge in [-0.05, 0) is 26.0 Å². The van der Waals surface area contributed by atoms with Crippen molar-refractivity contribution in [2.24, 2.45) is 0 Å². The minimum absolute atomic E-state index is 0.0794. The molecule has 0 aliphatic carbocycles. The average Bonchev–Trinajstić information content (AvgIpc) is 3.10. The topological polar surface area (TPSA) is 101 Å². The van der Waals surface area contributed by atoms with Crippen LogP contribution in [0.2, 0.25) is 0 Å². The van der Waals surface area contributed by atoms with Crippen LogP contribution in [-0.2, 0) is 0 Å². The highest BCUT2D eigenvalue weighted by Gasteiger charge is 2.23. The molecule has 6 heteroatoms. The van der Waals surface area contributed by atoms with Gasteiger partial charge in [0.1, 0.15) is 22.9 Å². The summed E-state index contributed by atoms with van der Waals surface area (Å²) in [5.41, 5.74) is 8.45. The summed E-state index contributed by atoms with van der Waals surface area (Å²) in [4.78, 5) is 0. The molecule has 0 unspecified atom stereocenters. The number of benzene rings is 1. The van der Waals surface area contributed by atoms with Gasteiger partial charge in [-0.3, -0.25) is 5.10 Å². The predicted octanol–water partition coefficient (Wildman–Crippen LogP) is 3.47. The zero-order valence-corrected chi connectivity index (χ0v) is 11.5. The molecule has 106 valence electrons. The Bertz CT molecular complexity index is 933. The normalized spacial score (nSPS) is 11.7. The molecule has 0 saturated carbocycles. The number of rotatable bonds is 1. The van der Waals surface area contributed by atoms with Crippen molar-refractivity contribution in [1.82, 2.24) is 10.2 Å². The highest BCUT2D eigenvalue weighted by atomic mass is 16.4. The van der Waals surface area contributed by atoms with Crippen LogP contribution in [0.4, 0.5) is 5.82 Å². The van der Waals surface area contributed by atoms with Crippen molar-refractivity contribution < 1.29 is 13.9 Å². The summed E-state index contributed by atoms with van der Waals surface area (Å²) in [6.07, 6.45) is 1.64. The number of aryl methyl sites for hydroxylation is 2. The number of hydrogen-bond donors (Lipinski definition) is 3. The monoisotopic (exact) mass is 283 g/mol. The Morgan fingerprint density at radius 2 is 1.76 bits per heavy atom. The number of H-pyrrole nitrogens is 1. The number of aromatic hydroxyl groups is 1. The lowest BCUT2D eigenvalue weighted by Gasteiger charge is -2.05. The minimum Gasteiger partial charge on any atom is -0.504 e. The maximum Gasteiger partial charge on any atom is 0.177 e. The first-order valence-corrected chi connectivity index (χ1v) is 6.50. The molecule has 3 heterocycles. The molecule has 1 aromatic carbocycles. The van der Waals surface area contributed by atoms with Gasteiger partial charge in [0, 0.05) is 16.5 Å². The van der Waals surface area contributed by atoms with Crippen LogP contribution in [0.25, 0.3) is 33.1 Å². The summed E-state index contributed by atoms with van der Waals surface area (Å²) < 4.78 is 11.4. The third-order valence-electron chi connectivity index (χ3n) is 3.62. The molecule has 0 fully saturated rings. The van der Waals surface area contributed by atoms with Gasteiger partial charge in [0.2, 0.25) is 0 Å². The molecule has 0 radical (unpaired) electrons. The van der Waals surface area contributed by atoms with Crippen LogP contribution in [0.1, 0.15) is 11.5 Å². The number of nitrogens with one attached hydrogen (secondary N) is 1. The number of phenols is 1. The Morgan fingerprint density at radius 1 is 1.10 bits per heavy atom. The molecule has 4 aromatic rings. The Hall–Kier alpha value is -2.89. The number of nitrogens with zero attached hydrogens (tertiary/aromatic N) is 1. The van der Waals surface area contributed by atoms with E-state index in [1.165, 1.54) is 0 Å². The van der Waals surface area contributed by atoms with Crippen molar-refractivity contribution >= 4 is 27.8 Å². The van der Waals surface area contributed by atoms with Gasteiger partial charge in [-0.15, -0.1) is 0 Å². The van der Waals surface area contributed by atoms with Crippen LogP contribution in [0, 0.1) is 13.8 Å². The lowest BCUT2D eigenvalue weighted by atomic mass is 10.0. The van der Waals surface area contributed by atoms with Gasteiger partial charge in [0.25, 0.3) is 0 Å². The molecule has 4 N–H and O–H groups in total. The number of aromatic amines is 1. The second-order valence-corrected chi connectivity index (χ2v) is 5.12. The van der Waals surface area contributed by atoms with E-state index in [-0.39, 0.29) is 5.75 Å². The highest BCUT2D eigenvalue weighted by Crippen LogP contribution is 2.45. The van der Waals surface area contributed by atoms with Gasteiger partial charge in [0.15, 0.2) is 11.3 Å². The van der Waals surface area contributed by atoms with Crippen molar-refractivity contribution in [3.63, 3.8) is 0 Å². The van der Waals surface area contributed by atoms with Crippen LogP contribution in [0.15, 0.2) is 27.2 Å². The fraction of sp³-hybridized carbons (Fsp3) is 0.133. The van der Waals surface area contributed by atoms with Gasteiger partial charge in [-0.2, -0.15) is 5.10 Å². The van der Waals surface area contributed by atoms with Crippen molar-refractivity contribution in [3.8, 4) is 16.9 Å². The van der Waals surface area contributed by atoms with Crippen LogP contribution in [-0.4, -0.2) is 15.3 Å². The first-order valence-electron chi connectivity index (χ1n) is 6.50. The maximum absolute atomic E-state index is 10.4. The number of anilines is 1. The molecular weight excluding hydrogens is 270 g/mol. The molecule has 4 rings (SSSR count). The molecule has 0 aliphatic heterocycles. The predicted molar refractivity (Wildman–Crippen MR) is 79.1 cm³/mol. The quantitative estimate of drug-likeness (QED) is 0.496. The van der Waals surface area contributed by atoms with E-state index in [0.717, 1.165) is 16.5 Å². The van der Waals surface area contributed by atoms with E-state index in [4.69, 9.17) is 14.6 Å². The van der Waals surface area contributed by atoms with Gasteiger partial charge < -0.3 is 19.7 Å². The third kappa shape index (κ3) is 1.50. The van der Waals surface area contributed by atoms with E-state index in [1.807, 2.05) is 19.9 Å². The molecule has 0 saturated heterocycles. The minimum atomic E-state index is 0.0794. The lowest BCUT2D eigenvalue weighted by molar-refractivity contribution is 0.466. The number of nitrogens with two attached hydrogens (primary N) is 1. The molecule has 6 nitrogen and oxygen atoms in total. The zero-order chi connectivity index (χ0) is 14.7. The van der Waals surface area contributed by atoms with Gasteiger partial charge in [-0.25, -0.2) is 0 Å². The number of hydrogen-bond acceptors (Lipinski definition) is 5. The largest absolute Gasteiger partial charge is 0.504 e. The highest BCUT2D eigenvalue weighted by molar-refractivity contribution is 6.14. The number of nitrogen functional groups attached to an aromatic ring is 1. The van der Waals surface area contributed by atoms with Crippen molar-refractivity contribution in [2.45, 2.75) is 13.8 Å². The van der Waals surface area contributed by atoms with Crippen molar-refractivity contribution in [2.75, 3.05) is 5.73 Å². The zero-order valence-electron chi connectivity index (χ0n) is 11.5. The van der Waals surface area contributed by atoms with Gasteiger partial charge in [-0.1, -0.05) is 0 Å². The Morgan fingerprint density at radius 3 is 2.43 bits per heavy atom. The van der Waals surface area contributed by atoms with Crippen LogP contribution < -0.4 is 5.73 Å². The number of furan rings is 2. The van der Waals surface area contributed by atoms with E-state index < -0.39 is 0 Å². The van der Waals surface area contributed by atoms with E-state index in [0.29, 0.717) is 33.9 Å². The molecule has 21 heavy (non-hydrogen) atoms. The van der Waals surface area contributed by atoms with Crippen LogP contribution >= 0.6 is 0 Å². The fourth-order valence-electron chi connectivity index (χ4n) is 2.76. The number of aromatic nitrogens is 2. The van der Waals surface area contributed by atoms with E-state index in [9.17, 15) is 5.11 Å². The summed E-state index contributed by atoms with van der Waals surface area (Å²) in [6, 6.07) is 3.63. The summed E-state index contributed by atoms with van der Waals surface area (Å²) >= 11 is 0. The summed E-state index contributed by atoms with van der Waals surface area (Å²) in [6.45, 7) is 3.66. The first-order chi connectivity index (χ1) is 10.1.